The highest BCUT2D eigenvalue weighted by molar-refractivity contribution is 5.79. The molecule has 0 saturated carbocycles. The molecule has 27 heavy (non-hydrogen) atoms. The first-order valence-electron chi connectivity index (χ1n) is 9.53. The predicted molar refractivity (Wildman–Crippen MR) is 107 cm³/mol. The maximum Gasteiger partial charge on any atom is 0.190 e. The van der Waals surface area contributed by atoms with Gasteiger partial charge >= 0.3 is 0 Å². The number of benzene rings is 2. The van der Waals surface area contributed by atoms with E-state index in [0.29, 0.717) is 5.92 Å². The van der Waals surface area contributed by atoms with Crippen molar-refractivity contribution >= 4 is 5.96 Å². The van der Waals surface area contributed by atoms with Gasteiger partial charge in [-0.05, 0) is 48.6 Å². The van der Waals surface area contributed by atoms with Crippen LogP contribution in [0.4, 0.5) is 4.39 Å². The van der Waals surface area contributed by atoms with Gasteiger partial charge in [0.05, 0.1) is 6.10 Å². The topological polar surface area (TPSA) is 45.7 Å². The Bertz CT molecular complexity index is 763. The second kappa shape index (κ2) is 9.51. The van der Waals surface area contributed by atoms with Gasteiger partial charge in [-0.3, -0.25) is 4.99 Å². The number of ether oxygens (including phenoxy) is 1. The summed E-state index contributed by atoms with van der Waals surface area (Å²) in [5.41, 5.74) is 3.36. The fourth-order valence-corrected chi connectivity index (χ4v) is 3.56. The molecule has 2 unspecified atom stereocenters. The highest BCUT2D eigenvalue weighted by Gasteiger charge is 2.29. The number of aryl methyl sites for hydroxylation is 1. The first kappa shape index (κ1) is 19.4. The lowest BCUT2D eigenvalue weighted by Gasteiger charge is -2.21. The fraction of sp³-hybridized carbons (Fsp3) is 0.409. The Morgan fingerprint density at radius 3 is 2.74 bits per heavy atom. The summed E-state index contributed by atoms with van der Waals surface area (Å²) >= 11 is 0. The molecular formula is C22H28FN3O. The smallest absolute Gasteiger partial charge is 0.190 e. The number of guanidine groups is 1. The van der Waals surface area contributed by atoms with Crippen LogP contribution in [0.5, 0.6) is 0 Å². The summed E-state index contributed by atoms with van der Waals surface area (Å²) in [7, 11) is 1.78. The lowest BCUT2D eigenvalue weighted by Crippen LogP contribution is -2.41. The van der Waals surface area contributed by atoms with Crippen molar-refractivity contribution in [2.24, 2.45) is 10.9 Å². The zero-order valence-electron chi connectivity index (χ0n) is 16.0. The van der Waals surface area contributed by atoms with Crippen LogP contribution >= 0.6 is 0 Å². The number of hydrogen-bond acceptors (Lipinski definition) is 2. The van der Waals surface area contributed by atoms with Crippen molar-refractivity contribution in [1.82, 2.24) is 10.6 Å². The number of nitrogens with zero attached hydrogens (tertiary/aromatic N) is 1. The molecule has 2 N–H and O–H groups in total. The maximum absolute atomic E-state index is 13.2. The molecule has 3 rings (SSSR count). The van der Waals surface area contributed by atoms with Crippen molar-refractivity contribution < 1.29 is 9.13 Å². The quantitative estimate of drug-likeness (QED) is 0.604. The standard InChI is InChI=1S/C22H28FN3O/c1-16-14-20(23)9-8-17(16)10-12-25-22(24-2)26-15-19-11-13-27-21(19)18-6-4-3-5-7-18/h3-9,14,19,21H,10-13,15H2,1-2H3,(H2,24,25,26). The molecular weight excluding hydrogens is 341 g/mol. The van der Waals surface area contributed by atoms with Crippen LogP contribution in [-0.4, -0.2) is 32.7 Å². The van der Waals surface area contributed by atoms with Gasteiger partial charge in [-0.25, -0.2) is 4.39 Å². The molecule has 0 aliphatic carbocycles. The van der Waals surface area contributed by atoms with Crippen LogP contribution in [-0.2, 0) is 11.2 Å². The molecule has 5 heteroatoms. The third-order valence-electron chi connectivity index (χ3n) is 5.09. The fourth-order valence-electron chi connectivity index (χ4n) is 3.56. The summed E-state index contributed by atoms with van der Waals surface area (Å²) in [6.07, 6.45) is 2.00. The van der Waals surface area contributed by atoms with Gasteiger partial charge < -0.3 is 15.4 Å². The molecule has 144 valence electrons. The summed E-state index contributed by atoms with van der Waals surface area (Å²) in [5, 5.41) is 6.76. The number of halogens is 1. The number of rotatable bonds is 6. The minimum atomic E-state index is -0.187. The van der Waals surface area contributed by atoms with Crippen molar-refractivity contribution in [2.75, 3.05) is 26.7 Å². The van der Waals surface area contributed by atoms with Crippen molar-refractivity contribution in [3.63, 3.8) is 0 Å². The molecule has 0 aromatic heterocycles. The Hall–Kier alpha value is -2.40. The number of nitrogens with one attached hydrogen (secondary N) is 2. The summed E-state index contributed by atoms with van der Waals surface area (Å²) in [4.78, 5) is 4.31. The molecule has 1 fully saturated rings. The Morgan fingerprint density at radius 2 is 2.00 bits per heavy atom. The molecule has 2 aromatic carbocycles. The van der Waals surface area contributed by atoms with Crippen molar-refractivity contribution in [1.29, 1.82) is 0 Å². The van der Waals surface area contributed by atoms with E-state index in [2.05, 4.69) is 39.9 Å². The van der Waals surface area contributed by atoms with Crippen LogP contribution in [0, 0.1) is 18.7 Å². The molecule has 0 amide bonds. The average Bonchev–Trinajstić information content (AvgIpc) is 3.15. The molecule has 0 radical (unpaired) electrons. The van der Waals surface area contributed by atoms with Crippen LogP contribution in [0.3, 0.4) is 0 Å². The second-order valence-corrected chi connectivity index (χ2v) is 6.95. The third kappa shape index (κ3) is 5.30. The molecule has 2 aromatic rings. The average molecular weight is 369 g/mol. The Morgan fingerprint density at radius 1 is 1.19 bits per heavy atom. The van der Waals surface area contributed by atoms with Gasteiger partial charge in [-0.2, -0.15) is 0 Å². The van der Waals surface area contributed by atoms with E-state index in [9.17, 15) is 4.39 Å². The van der Waals surface area contributed by atoms with Gasteiger partial charge in [0.25, 0.3) is 0 Å². The van der Waals surface area contributed by atoms with Crippen LogP contribution in [0.15, 0.2) is 53.5 Å². The van der Waals surface area contributed by atoms with Crippen molar-refractivity contribution in [3.8, 4) is 0 Å². The first-order valence-corrected chi connectivity index (χ1v) is 9.53. The molecule has 1 aliphatic heterocycles. The van der Waals surface area contributed by atoms with E-state index >= 15 is 0 Å². The van der Waals surface area contributed by atoms with E-state index in [0.717, 1.165) is 49.6 Å². The zero-order chi connectivity index (χ0) is 19.1. The van der Waals surface area contributed by atoms with Gasteiger partial charge in [0.1, 0.15) is 5.82 Å². The minimum Gasteiger partial charge on any atom is -0.373 e. The maximum atomic E-state index is 13.2. The Kier molecular flexibility index (Phi) is 6.82. The van der Waals surface area contributed by atoms with Crippen LogP contribution in [0.25, 0.3) is 0 Å². The first-order chi connectivity index (χ1) is 13.2. The van der Waals surface area contributed by atoms with Crippen LogP contribution < -0.4 is 10.6 Å². The van der Waals surface area contributed by atoms with E-state index in [-0.39, 0.29) is 11.9 Å². The van der Waals surface area contributed by atoms with Gasteiger partial charge in [0.2, 0.25) is 0 Å². The third-order valence-corrected chi connectivity index (χ3v) is 5.09. The van der Waals surface area contributed by atoms with E-state index in [1.165, 1.54) is 11.6 Å². The highest BCUT2D eigenvalue weighted by Crippen LogP contribution is 2.33. The van der Waals surface area contributed by atoms with E-state index in [1.54, 1.807) is 13.1 Å². The van der Waals surface area contributed by atoms with Gasteiger partial charge in [0.15, 0.2) is 5.96 Å². The Labute approximate surface area is 160 Å². The number of aliphatic imine (C=N–C) groups is 1. The molecule has 2 atom stereocenters. The molecule has 0 spiro atoms. The Balaban J connectivity index is 1.47. The summed E-state index contributed by atoms with van der Waals surface area (Å²) in [6.45, 7) is 4.29. The van der Waals surface area contributed by atoms with E-state index in [1.807, 2.05) is 19.1 Å². The monoisotopic (exact) mass is 369 g/mol. The molecule has 0 bridgehead atoms. The molecule has 1 saturated heterocycles. The largest absolute Gasteiger partial charge is 0.373 e. The summed E-state index contributed by atoms with van der Waals surface area (Å²) < 4.78 is 19.1. The molecule has 1 heterocycles. The molecule has 1 aliphatic rings. The minimum absolute atomic E-state index is 0.138. The van der Waals surface area contributed by atoms with Gasteiger partial charge in [0, 0.05) is 32.7 Å². The van der Waals surface area contributed by atoms with Gasteiger partial charge in [-0.15, -0.1) is 0 Å². The highest BCUT2D eigenvalue weighted by atomic mass is 19.1. The molecule has 4 nitrogen and oxygen atoms in total. The lowest BCUT2D eigenvalue weighted by molar-refractivity contribution is 0.0915. The normalized spacial score (nSPS) is 19.9. The SMILES string of the molecule is CN=C(NCCc1ccc(F)cc1C)NCC1CCOC1c1ccccc1. The van der Waals surface area contributed by atoms with Crippen LogP contribution in [0.1, 0.15) is 29.2 Å². The number of hydrogen-bond donors (Lipinski definition) is 2. The summed E-state index contributed by atoms with van der Waals surface area (Å²) in [5.74, 6) is 1.02. The second-order valence-electron chi connectivity index (χ2n) is 6.95. The van der Waals surface area contributed by atoms with Crippen LogP contribution in [0.2, 0.25) is 0 Å². The van der Waals surface area contributed by atoms with E-state index in [4.69, 9.17) is 4.74 Å². The predicted octanol–water partition coefficient (Wildman–Crippen LogP) is 3.62. The zero-order valence-corrected chi connectivity index (χ0v) is 16.0. The van der Waals surface area contributed by atoms with Crippen molar-refractivity contribution in [3.05, 3.63) is 71.0 Å². The van der Waals surface area contributed by atoms with Crippen molar-refractivity contribution in [2.45, 2.75) is 25.9 Å². The lowest BCUT2D eigenvalue weighted by atomic mass is 9.95. The van der Waals surface area contributed by atoms with E-state index < -0.39 is 0 Å². The summed E-state index contributed by atoms with van der Waals surface area (Å²) in [6, 6.07) is 15.3. The van der Waals surface area contributed by atoms with Gasteiger partial charge in [-0.1, -0.05) is 36.4 Å².